The molecule has 0 spiro atoms. The molecule has 2 saturated carbocycles. The Morgan fingerprint density at radius 1 is 1.43 bits per heavy atom. The number of nitrogens with zero attached hydrogens (tertiary/aromatic N) is 3. The zero-order chi connectivity index (χ0) is 16.0. The number of amides is 1. The van der Waals surface area contributed by atoms with E-state index in [1.807, 2.05) is 31.6 Å². The molecule has 2 aromatic rings. The summed E-state index contributed by atoms with van der Waals surface area (Å²) >= 11 is 0. The lowest BCUT2D eigenvalue weighted by Crippen LogP contribution is -2.41. The largest absolute Gasteiger partial charge is 0.393 e. The van der Waals surface area contributed by atoms with E-state index in [4.69, 9.17) is 0 Å². The Bertz CT molecular complexity index is 710. The summed E-state index contributed by atoms with van der Waals surface area (Å²) in [5.74, 6) is 0.222. The van der Waals surface area contributed by atoms with Crippen LogP contribution in [0.5, 0.6) is 0 Å². The van der Waals surface area contributed by atoms with Crippen molar-refractivity contribution in [3.05, 3.63) is 42.0 Å². The Morgan fingerprint density at radius 3 is 2.83 bits per heavy atom. The highest BCUT2D eigenvalue weighted by atomic mass is 16.3. The van der Waals surface area contributed by atoms with Crippen LogP contribution < -0.4 is 5.32 Å². The van der Waals surface area contributed by atoms with Crippen molar-refractivity contribution < 1.29 is 9.90 Å². The number of hydrogen-bond donors (Lipinski definition) is 2. The number of nitrogens with one attached hydrogen (secondary N) is 1. The molecule has 2 aliphatic rings. The topological polar surface area (TPSA) is 72.1 Å². The molecule has 2 aliphatic carbocycles. The van der Waals surface area contributed by atoms with Crippen LogP contribution in [0.4, 0.5) is 0 Å². The standard InChI is InChI=1S/C17H22N4O2/c1-20-10-12(9-18-20)16(11-7-14(22)8-11)19-17(23)15-3-2-6-21(15)13-4-5-13/h2-3,6,9-11,13-14,16,22H,4-5,7-8H2,1H3,(H,19,23)/t11?,14?,16-/m0/s1. The molecule has 1 amide bonds. The lowest BCUT2D eigenvalue weighted by Gasteiger charge is -2.37. The van der Waals surface area contributed by atoms with Gasteiger partial charge in [-0.15, -0.1) is 0 Å². The molecule has 2 N–H and O–H groups in total. The van der Waals surface area contributed by atoms with Crippen LogP contribution in [-0.4, -0.2) is 31.5 Å². The third kappa shape index (κ3) is 2.79. The quantitative estimate of drug-likeness (QED) is 0.884. The van der Waals surface area contributed by atoms with Gasteiger partial charge in [0.25, 0.3) is 5.91 Å². The van der Waals surface area contributed by atoms with Crippen LogP contribution in [0, 0.1) is 5.92 Å². The Kier molecular flexibility index (Phi) is 3.49. The predicted octanol–water partition coefficient (Wildman–Crippen LogP) is 1.80. The van der Waals surface area contributed by atoms with Gasteiger partial charge in [0.05, 0.1) is 18.3 Å². The van der Waals surface area contributed by atoms with E-state index in [1.165, 1.54) is 0 Å². The molecule has 0 aliphatic heterocycles. The van der Waals surface area contributed by atoms with E-state index in [9.17, 15) is 9.90 Å². The molecule has 2 heterocycles. The Morgan fingerprint density at radius 2 is 2.22 bits per heavy atom. The molecule has 4 rings (SSSR count). The maximum absolute atomic E-state index is 12.8. The lowest BCUT2D eigenvalue weighted by atomic mass is 9.75. The molecule has 1 atom stereocenters. The van der Waals surface area contributed by atoms with Crippen molar-refractivity contribution >= 4 is 5.91 Å². The van der Waals surface area contributed by atoms with Gasteiger partial charge in [0, 0.05) is 31.0 Å². The molecule has 0 radical (unpaired) electrons. The summed E-state index contributed by atoms with van der Waals surface area (Å²) in [5, 5.41) is 17.0. The first-order valence-corrected chi connectivity index (χ1v) is 8.26. The predicted molar refractivity (Wildman–Crippen MR) is 84.8 cm³/mol. The lowest BCUT2D eigenvalue weighted by molar-refractivity contribution is 0.0234. The number of carbonyl (C=O) groups excluding carboxylic acids is 1. The summed E-state index contributed by atoms with van der Waals surface area (Å²) in [7, 11) is 1.87. The number of aryl methyl sites for hydroxylation is 1. The van der Waals surface area contributed by atoms with Gasteiger partial charge < -0.3 is 15.0 Å². The average molecular weight is 314 g/mol. The fraction of sp³-hybridized carbons (Fsp3) is 0.529. The fourth-order valence-electron chi connectivity index (χ4n) is 3.45. The third-order valence-corrected chi connectivity index (χ3v) is 4.94. The molecule has 6 heteroatoms. The maximum atomic E-state index is 12.8. The number of aliphatic hydroxyl groups is 1. The molecule has 6 nitrogen and oxygen atoms in total. The van der Waals surface area contributed by atoms with Crippen molar-refractivity contribution in [2.45, 2.75) is 43.9 Å². The molecule has 2 aromatic heterocycles. The second-order valence-electron chi connectivity index (χ2n) is 6.82. The SMILES string of the molecule is Cn1cc([C@@H](NC(=O)c2cccn2C2CC2)C2CC(O)C2)cn1. The van der Waals surface area contributed by atoms with Crippen LogP contribution >= 0.6 is 0 Å². The molecule has 0 bridgehead atoms. The van der Waals surface area contributed by atoms with Crippen LogP contribution in [0.2, 0.25) is 0 Å². The van der Waals surface area contributed by atoms with Gasteiger partial charge in [-0.1, -0.05) is 0 Å². The minimum Gasteiger partial charge on any atom is -0.393 e. The van der Waals surface area contributed by atoms with E-state index in [1.54, 1.807) is 10.9 Å². The van der Waals surface area contributed by atoms with Crippen LogP contribution in [-0.2, 0) is 7.05 Å². The molecule has 0 saturated heterocycles. The minimum absolute atomic E-state index is 0.0443. The number of aromatic nitrogens is 3. The van der Waals surface area contributed by atoms with Crippen LogP contribution in [0.1, 0.15) is 53.8 Å². The van der Waals surface area contributed by atoms with Gasteiger partial charge in [-0.2, -0.15) is 5.10 Å². The minimum atomic E-state index is -0.244. The van der Waals surface area contributed by atoms with Gasteiger partial charge in [0.15, 0.2) is 0 Å². The molecule has 0 unspecified atom stereocenters. The highest BCUT2D eigenvalue weighted by Gasteiger charge is 2.37. The van der Waals surface area contributed by atoms with Gasteiger partial charge in [0.1, 0.15) is 5.69 Å². The summed E-state index contributed by atoms with van der Waals surface area (Å²) in [5.41, 5.74) is 1.73. The highest BCUT2D eigenvalue weighted by molar-refractivity contribution is 5.93. The summed E-state index contributed by atoms with van der Waals surface area (Å²) in [6, 6.07) is 4.19. The molecule has 2 fully saturated rings. The molecule has 23 heavy (non-hydrogen) atoms. The highest BCUT2D eigenvalue weighted by Crippen LogP contribution is 2.39. The second-order valence-corrected chi connectivity index (χ2v) is 6.82. The number of rotatable bonds is 5. The summed E-state index contributed by atoms with van der Waals surface area (Å²) in [4.78, 5) is 12.8. The van der Waals surface area contributed by atoms with Gasteiger partial charge in [-0.25, -0.2) is 0 Å². The van der Waals surface area contributed by atoms with Gasteiger partial charge in [-0.3, -0.25) is 9.48 Å². The smallest absolute Gasteiger partial charge is 0.268 e. The Hall–Kier alpha value is -2.08. The van der Waals surface area contributed by atoms with Crippen molar-refractivity contribution in [3.8, 4) is 0 Å². The van der Waals surface area contributed by atoms with E-state index in [0.29, 0.717) is 6.04 Å². The van der Waals surface area contributed by atoms with E-state index >= 15 is 0 Å². The zero-order valence-corrected chi connectivity index (χ0v) is 13.2. The molecule has 122 valence electrons. The van der Waals surface area contributed by atoms with Crippen molar-refractivity contribution in [1.82, 2.24) is 19.7 Å². The number of aliphatic hydroxyl groups excluding tert-OH is 1. The van der Waals surface area contributed by atoms with Crippen LogP contribution in [0.25, 0.3) is 0 Å². The van der Waals surface area contributed by atoms with Crippen molar-refractivity contribution in [2.24, 2.45) is 13.0 Å². The van der Waals surface area contributed by atoms with E-state index in [-0.39, 0.29) is 24.0 Å². The van der Waals surface area contributed by atoms with Crippen molar-refractivity contribution in [2.75, 3.05) is 0 Å². The van der Waals surface area contributed by atoms with E-state index in [0.717, 1.165) is 36.9 Å². The zero-order valence-electron chi connectivity index (χ0n) is 13.2. The van der Waals surface area contributed by atoms with Crippen molar-refractivity contribution in [1.29, 1.82) is 0 Å². The number of carbonyl (C=O) groups is 1. The first kappa shape index (κ1) is 14.5. The first-order valence-electron chi connectivity index (χ1n) is 8.26. The average Bonchev–Trinajstić information content (AvgIpc) is 3.05. The maximum Gasteiger partial charge on any atom is 0.268 e. The van der Waals surface area contributed by atoms with Gasteiger partial charge >= 0.3 is 0 Å². The van der Waals surface area contributed by atoms with Crippen LogP contribution in [0.3, 0.4) is 0 Å². The third-order valence-electron chi connectivity index (χ3n) is 4.94. The fourth-order valence-corrected chi connectivity index (χ4v) is 3.45. The molecular weight excluding hydrogens is 292 g/mol. The molecular formula is C17H22N4O2. The normalized spacial score (nSPS) is 25.0. The summed E-state index contributed by atoms with van der Waals surface area (Å²) in [6.45, 7) is 0. The Labute approximate surface area is 135 Å². The monoisotopic (exact) mass is 314 g/mol. The van der Waals surface area contributed by atoms with E-state index in [2.05, 4.69) is 15.0 Å². The second kappa shape index (κ2) is 5.53. The Balaban J connectivity index is 1.54. The van der Waals surface area contributed by atoms with E-state index < -0.39 is 0 Å². The van der Waals surface area contributed by atoms with Gasteiger partial charge in [-0.05, 0) is 43.7 Å². The summed E-state index contributed by atoms with van der Waals surface area (Å²) < 4.78 is 3.82. The van der Waals surface area contributed by atoms with Gasteiger partial charge in [0.2, 0.25) is 0 Å². The summed E-state index contributed by atoms with van der Waals surface area (Å²) in [6.07, 6.45) is 9.23. The van der Waals surface area contributed by atoms with Crippen molar-refractivity contribution in [3.63, 3.8) is 0 Å². The first-order chi connectivity index (χ1) is 11.1. The molecule has 0 aromatic carbocycles. The van der Waals surface area contributed by atoms with Crippen LogP contribution in [0.15, 0.2) is 30.7 Å². The number of hydrogen-bond acceptors (Lipinski definition) is 3.